The Balaban J connectivity index is 1.45. The van der Waals surface area contributed by atoms with E-state index >= 15 is 0 Å². The summed E-state index contributed by atoms with van der Waals surface area (Å²) in [6.07, 6.45) is 2.97. The van der Waals surface area contributed by atoms with Crippen LogP contribution >= 0.6 is 0 Å². The fraction of sp³-hybridized carbons (Fsp3) is 0.421. The van der Waals surface area contributed by atoms with E-state index in [-0.39, 0.29) is 5.91 Å². The Morgan fingerprint density at radius 2 is 1.88 bits per heavy atom. The number of carbonyl (C=O) groups excluding carboxylic acids is 1. The summed E-state index contributed by atoms with van der Waals surface area (Å²) in [5, 5.41) is 8.04. The summed E-state index contributed by atoms with van der Waals surface area (Å²) in [5.74, 6) is 1.97. The standard InChI is InChI=1S/C19H24N4O2/c1-2-25-17-8-5-16(6-9-17)7-10-19(24)23-14-12-22(13-15-23)18-4-3-11-20-21-18/h3-6,8-9,11H,2,7,10,12-15H2,1H3. The molecule has 1 aromatic carbocycles. The van der Waals surface area contributed by atoms with Crippen molar-refractivity contribution in [2.24, 2.45) is 0 Å². The molecule has 132 valence electrons. The molecule has 0 N–H and O–H groups in total. The van der Waals surface area contributed by atoms with Crippen molar-refractivity contribution in [3.05, 3.63) is 48.2 Å². The highest BCUT2D eigenvalue weighted by Crippen LogP contribution is 2.15. The van der Waals surface area contributed by atoms with Gasteiger partial charge in [-0.05, 0) is 43.2 Å². The molecule has 0 unspecified atom stereocenters. The second-order valence-electron chi connectivity index (χ2n) is 6.03. The lowest BCUT2D eigenvalue weighted by Gasteiger charge is -2.35. The van der Waals surface area contributed by atoms with E-state index in [9.17, 15) is 4.79 Å². The third-order valence-electron chi connectivity index (χ3n) is 4.38. The van der Waals surface area contributed by atoms with Crippen LogP contribution in [0.5, 0.6) is 5.75 Å². The molecule has 0 spiro atoms. The molecule has 1 aromatic heterocycles. The fourth-order valence-electron chi connectivity index (χ4n) is 2.98. The van der Waals surface area contributed by atoms with E-state index in [2.05, 4.69) is 15.1 Å². The van der Waals surface area contributed by atoms with Gasteiger partial charge in [0, 0.05) is 38.8 Å². The molecule has 6 heteroatoms. The molecule has 1 aliphatic rings. The van der Waals surface area contributed by atoms with Crippen LogP contribution in [0.4, 0.5) is 5.82 Å². The van der Waals surface area contributed by atoms with Crippen LogP contribution in [0, 0.1) is 0 Å². The number of ether oxygens (including phenoxy) is 1. The third-order valence-corrected chi connectivity index (χ3v) is 4.38. The van der Waals surface area contributed by atoms with E-state index in [1.54, 1.807) is 6.20 Å². The van der Waals surface area contributed by atoms with Gasteiger partial charge in [0.2, 0.25) is 5.91 Å². The van der Waals surface area contributed by atoms with Gasteiger partial charge >= 0.3 is 0 Å². The average Bonchev–Trinajstić information content (AvgIpc) is 2.68. The molecule has 1 fully saturated rings. The zero-order chi connectivity index (χ0) is 17.5. The van der Waals surface area contributed by atoms with E-state index < -0.39 is 0 Å². The number of aryl methyl sites for hydroxylation is 1. The average molecular weight is 340 g/mol. The predicted molar refractivity (Wildman–Crippen MR) is 96.8 cm³/mol. The van der Waals surface area contributed by atoms with E-state index in [1.807, 2.05) is 48.2 Å². The Morgan fingerprint density at radius 1 is 1.12 bits per heavy atom. The van der Waals surface area contributed by atoms with Crippen molar-refractivity contribution in [2.45, 2.75) is 19.8 Å². The Morgan fingerprint density at radius 3 is 2.52 bits per heavy atom. The molecule has 0 saturated carbocycles. The summed E-state index contributed by atoms with van der Waals surface area (Å²) < 4.78 is 5.44. The highest BCUT2D eigenvalue weighted by molar-refractivity contribution is 5.76. The first-order valence-electron chi connectivity index (χ1n) is 8.78. The SMILES string of the molecule is CCOc1ccc(CCC(=O)N2CCN(c3cccnn3)CC2)cc1. The number of hydrogen-bond donors (Lipinski definition) is 0. The first kappa shape index (κ1) is 17.2. The Kier molecular flexibility index (Phi) is 5.82. The summed E-state index contributed by atoms with van der Waals surface area (Å²) in [4.78, 5) is 16.6. The topological polar surface area (TPSA) is 58.6 Å². The van der Waals surface area contributed by atoms with Gasteiger partial charge in [-0.3, -0.25) is 4.79 Å². The number of anilines is 1. The minimum absolute atomic E-state index is 0.215. The van der Waals surface area contributed by atoms with Gasteiger partial charge in [0.05, 0.1) is 6.61 Å². The van der Waals surface area contributed by atoms with Crippen LogP contribution in [0.25, 0.3) is 0 Å². The quantitative estimate of drug-likeness (QED) is 0.806. The van der Waals surface area contributed by atoms with Crippen LogP contribution in [-0.2, 0) is 11.2 Å². The van der Waals surface area contributed by atoms with Crippen LogP contribution in [0.15, 0.2) is 42.6 Å². The Labute approximate surface area is 148 Å². The first-order valence-corrected chi connectivity index (χ1v) is 8.78. The molecular formula is C19H24N4O2. The van der Waals surface area contributed by atoms with Gasteiger partial charge < -0.3 is 14.5 Å². The number of benzene rings is 1. The van der Waals surface area contributed by atoms with E-state index in [0.717, 1.165) is 49.7 Å². The molecule has 0 bridgehead atoms. The number of aromatic nitrogens is 2. The Hall–Kier alpha value is -2.63. The molecule has 0 atom stereocenters. The zero-order valence-electron chi connectivity index (χ0n) is 14.6. The molecule has 2 aromatic rings. The number of nitrogens with zero attached hydrogens (tertiary/aromatic N) is 4. The monoisotopic (exact) mass is 340 g/mol. The molecule has 25 heavy (non-hydrogen) atoms. The molecule has 3 rings (SSSR count). The summed E-state index contributed by atoms with van der Waals surface area (Å²) in [6, 6.07) is 11.8. The van der Waals surface area contributed by atoms with Crippen molar-refractivity contribution in [2.75, 3.05) is 37.7 Å². The zero-order valence-corrected chi connectivity index (χ0v) is 14.6. The van der Waals surface area contributed by atoms with E-state index in [1.165, 1.54) is 0 Å². The molecule has 0 radical (unpaired) electrons. The van der Waals surface area contributed by atoms with Gasteiger partial charge in [0.15, 0.2) is 5.82 Å². The maximum atomic E-state index is 12.4. The third kappa shape index (κ3) is 4.68. The summed E-state index contributed by atoms with van der Waals surface area (Å²) in [6.45, 7) is 5.70. The van der Waals surface area contributed by atoms with Crippen molar-refractivity contribution in [3.63, 3.8) is 0 Å². The van der Waals surface area contributed by atoms with Crippen LogP contribution in [0.3, 0.4) is 0 Å². The molecule has 1 amide bonds. The lowest BCUT2D eigenvalue weighted by Crippen LogP contribution is -2.49. The molecule has 0 aliphatic carbocycles. The van der Waals surface area contributed by atoms with Crippen LogP contribution < -0.4 is 9.64 Å². The van der Waals surface area contributed by atoms with Crippen LogP contribution in [0.1, 0.15) is 18.9 Å². The van der Waals surface area contributed by atoms with Gasteiger partial charge in [-0.15, -0.1) is 5.10 Å². The lowest BCUT2D eigenvalue weighted by atomic mass is 10.1. The molecule has 6 nitrogen and oxygen atoms in total. The van der Waals surface area contributed by atoms with Crippen molar-refractivity contribution in [1.82, 2.24) is 15.1 Å². The van der Waals surface area contributed by atoms with E-state index in [0.29, 0.717) is 13.0 Å². The highest BCUT2D eigenvalue weighted by atomic mass is 16.5. The number of rotatable bonds is 6. The van der Waals surface area contributed by atoms with Crippen molar-refractivity contribution in [3.8, 4) is 5.75 Å². The maximum Gasteiger partial charge on any atom is 0.223 e. The first-order chi connectivity index (χ1) is 12.3. The lowest BCUT2D eigenvalue weighted by molar-refractivity contribution is -0.131. The minimum Gasteiger partial charge on any atom is -0.494 e. The largest absolute Gasteiger partial charge is 0.494 e. The number of hydrogen-bond acceptors (Lipinski definition) is 5. The van der Waals surface area contributed by atoms with E-state index in [4.69, 9.17) is 4.74 Å². The minimum atomic E-state index is 0.215. The van der Waals surface area contributed by atoms with Gasteiger partial charge in [-0.2, -0.15) is 5.10 Å². The smallest absolute Gasteiger partial charge is 0.223 e. The predicted octanol–water partition coefficient (Wildman–Crippen LogP) is 2.16. The van der Waals surface area contributed by atoms with Crippen molar-refractivity contribution < 1.29 is 9.53 Å². The summed E-state index contributed by atoms with van der Waals surface area (Å²) >= 11 is 0. The normalized spacial score (nSPS) is 14.4. The van der Waals surface area contributed by atoms with Crippen molar-refractivity contribution >= 4 is 11.7 Å². The van der Waals surface area contributed by atoms with Crippen LogP contribution in [0.2, 0.25) is 0 Å². The summed E-state index contributed by atoms with van der Waals surface area (Å²) in [5.41, 5.74) is 1.16. The second kappa shape index (κ2) is 8.46. The number of carbonyl (C=O) groups is 1. The summed E-state index contributed by atoms with van der Waals surface area (Å²) in [7, 11) is 0. The highest BCUT2D eigenvalue weighted by Gasteiger charge is 2.21. The number of amides is 1. The van der Waals surface area contributed by atoms with Gasteiger partial charge in [-0.25, -0.2) is 0 Å². The maximum absolute atomic E-state index is 12.4. The van der Waals surface area contributed by atoms with Gasteiger partial charge in [-0.1, -0.05) is 12.1 Å². The molecule has 1 saturated heterocycles. The van der Waals surface area contributed by atoms with Gasteiger partial charge in [0.1, 0.15) is 5.75 Å². The molecule has 2 heterocycles. The molecule has 1 aliphatic heterocycles. The molecular weight excluding hydrogens is 316 g/mol. The van der Waals surface area contributed by atoms with Crippen LogP contribution in [-0.4, -0.2) is 53.8 Å². The van der Waals surface area contributed by atoms with Gasteiger partial charge in [0.25, 0.3) is 0 Å². The fourth-order valence-corrected chi connectivity index (χ4v) is 2.98. The Bertz CT molecular complexity index is 668. The second-order valence-corrected chi connectivity index (χ2v) is 6.03. The number of piperazine rings is 1. The van der Waals surface area contributed by atoms with Crippen molar-refractivity contribution in [1.29, 1.82) is 0 Å².